The van der Waals surface area contributed by atoms with E-state index >= 15 is 0 Å². The van der Waals surface area contributed by atoms with Crippen molar-refractivity contribution in [1.29, 1.82) is 0 Å². The number of hydrogen-bond donors (Lipinski definition) is 2. The van der Waals surface area contributed by atoms with Gasteiger partial charge in [-0.3, -0.25) is 9.78 Å². The Kier molecular flexibility index (Phi) is 4.93. The van der Waals surface area contributed by atoms with Crippen molar-refractivity contribution >= 4 is 17.4 Å². The normalized spacial score (nSPS) is 15.3. The lowest BCUT2D eigenvalue weighted by molar-refractivity contribution is -0.120. The van der Waals surface area contributed by atoms with Gasteiger partial charge in [0.2, 0.25) is 5.91 Å². The predicted octanol–water partition coefficient (Wildman–Crippen LogP) is 2.60. The lowest BCUT2D eigenvalue weighted by Gasteiger charge is -2.31. The second-order valence-electron chi connectivity index (χ2n) is 6.02. The van der Waals surface area contributed by atoms with E-state index < -0.39 is 0 Å². The van der Waals surface area contributed by atoms with E-state index in [2.05, 4.69) is 20.2 Å². The Morgan fingerprint density at radius 2 is 2.12 bits per heavy atom. The average Bonchev–Trinajstić information content (AvgIpc) is 2.64. The van der Waals surface area contributed by atoms with Gasteiger partial charge in [0.1, 0.15) is 11.6 Å². The van der Waals surface area contributed by atoms with Crippen molar-refractivity contribution in [2.75, 3.05) is 23.3 Å². The summed E-state index contributed by atoms with van der Waals surface area (Å²) in [5.41, 5.74) is 1.58. The summed E-state index contributed by atoms with van der Waals surface area (Å²) in [7, 11) is 0. The highest BCUT2D eigenvalue weighted by Crippen LogP contribution is 2.27. The molecule has 1 aliphatic heterocycles. The quantitative estimate of drug-likeness (QED) is 0.845. The molecule has 0 spiro atoms. The molecule has 0 saturated carbocycles. The maximum atomic E-state index is 12.5. The van der Waals surface area contributed by atoms with Crippen molar-refractivity contribution in [2.24, 2.45) is 5.92 Å². The number of aromatic nitrogens is 2. The minimum Gasteiger partial charge on any atom is -0.506 e. The van der Waals surface area contributed by atoms with Crippen molar-refractivity contribution in [3.8, 4) is 5.75 Å². The summed E-state index contributed by atoms with van der Waals surface area (Å²) in [5.74, 6) is 0.877. The number of nitrogens with one attached hydrogen (secondary N) is 1. The maximum Gasteiger partial charge on any atom is 0.227 e. The molecule has 126 valence electrons. The van der Waals surface area contributed by atoms with Crippen LogP contribution in [0.25, 0.3) is 0 Å². The summed E-state index contributed by atoms with van der Waals surface area (Å²) in [4.78, 5) is 23.0. The van der Waals surface area contributed by atoms with E-state index in [1.54, 1.807) is 24.7 Å². The first kappa shape index (κ1) is 16.2. The highest BCUT2D eigenvalue weighted by Gasteiger charge is 2.26. The number of aryl methyl sites for hydroxylation is 1. The lowest BCUT2D eigenvalue weighted by atomic mass is 9.95. The topological polar surface area (TPSA) is 78.4 Å². The number of benzene rings is 1. The van der Waals surface area contributed by atoms with Gasteiger partial charge in [-0.2, -0.15) is 0 Å². The Hall–Kier alpha value is -2.63. The lowest BCUT2D eigenvalue weighted by Crippen LogP contribution is -2.38. The molecule has 0 atom stereocenters. The smallest absolute Gasteiger partial charge is 0.227 e. The van der Waals surface area contributed by atoms with Crippen LogP contribution in [-0.4, -0.2) is 34.1 Å². The van der Waals surface area contributed by atoms with E-state index in [0.29, 0.717) is 5.69 Å². The highest BCUT2D eigenvalue weighted by atomic mass is 16.3. The van der Waals surface area contributed by atoms with Crippen LogP contribution in [0, 0.1) is 5.92 Å². The number of nitrogens with zero attached hydrogens (tertiary/aromatic N) is 3. The molecule has 2 heterocycles. The molecule has 1 aromatic heterocycles. The van der Waals surface area contributed by atoms with Gasteiger partial charge in [0.15, 0.2) is 0 Å². The number of phenols is 1. The van der Waals surface area contributed by atoms with Crippen LogP contribution in [0.4, 0.5) is 11.5 Å². The molecule has 6 heteroatoms. The number of carbonyl (C=O) groups excluding carboxylic acids is 1. The average molecular weight is 326 g/mol. The van der Waals surface area contributed by atoms with Gasteiger partial charge in [-0.05, 0) is 37.0 Å². The Labute approximate surface area is 141 Å². The molecule has 1 aliphatic rings. The van der Waals surface area contributed by atoms with Crippen LogP contribution >= 0.6 is 0 Å². The molecular formula is C18H22N4O2. The van der Waals surface area contributed by atoms with Gasteiger partial charge in [-0.25, -0.2) is 4.98 Å². The van der Waals surface area contributed by atoms with Gasteiger partial charge in [0.25, 0.3) is 0 Å². The predicted molar refractivity (Wildman–Crippen MR) is 93.1 cm³/mol. The standard InChI is InChI=1S/C18H22N4O2/c1-2-13-3-4-16(23)15(11-13)21-18(24)14-5-9-22(10-6-14)17-12-19-7-8-20-17/h3-4,7-8,11-12,14,23H,2,5-6,9-10H2,1H3,(H,21,24). The van der Waals surface area contributed by atoms with Crippen LogP contribution in [0.5, 0.6) is 5.75 Å². The molecule has 1 aromatic carbocycles. The minimum atomic E-state index is -0.0531. The summed E-state index contributed by atoms with van der Waals surface area (Å²) >= 11 is 0. The Morgan fingerprint density at radius 3 is 2.79 bits per heavy atom. The second-order valence-corrected chi connectivity index (χ2v) is 6.02. The van der Waals surface area contributed by atoms with Crippen LogP contribution in [0.15, 0.2) is 36.8 Å². The van der Waals surface area contributed by atoms with Gasteiger partial charge in [-0.15, -0.1) is 0 Å². The molecule has 0 radical (unpaired) electrons. The summed E-state index contributed by atoms with van der Waals surface area (Å²) in [6.45, 7) is 3.59. The molecule has 1 fully saturated rings. The van der Waals surface area contributed by atoms with Gasteiger partial charge in [-0.1, -0.05) is 13.0 Å². The molecule has 6 nitrogen and oxygen atoms in total. The monoisotopic (exact) mass is 326 g/mol. The number of amides is 1. The Balaban J connectivity index is 1.59. The number of anilines is 2. The third-order valence-corrected chi connectivity index (χ3v) is 4.47. The third-order valence-electron chi connectivity index (χ3n) is 4.47. The number of aromatic hydroxyl groups is 1. The van der Waals surface area contributed by atoms with Crippen LogP contribution in [0.3, 0.4) is 0 Å². The number of piperidine rings is 1. The van der Waals surface area contributed by atoms with Crippen LogP contribution in [0.2, 0.25) is 0 Å². The van der Waals surface area contributed by atoms with E-state index in [4.69, 9.17) is 0 Å². The van der Waals surface area contributed by atoms with Crippen molar-refractivity contribution in [2.45, 2.75) is 26.2 Å². The highest BCUT2D eigenvalue weighted by molar-refractivity contribution is 5.94. The maximum absolute atomic E-state index is 12.5. The minimum absolute atomic E-state index is 0.0302. The van der Waals surface area contributed by atoms with Crippen LogP contribution in [0.1, 0.15) is 25.3 Å². The molecule has 0 aliphatic carbocycles. The summed E-state index contributed by atoms with van der Waals surface area (Å²) < 4.78 is 0. The van der Waals surface area contributed by atoms with E-state index in [-0.39, 0.29) is 17.6 Å². The number of carbonyl (C=O) groups is 1. The van der Waals surface area contributed by atoms with Crippen molar-refractivity contribution in [3.63, 3.8) is 0 Å². The molecule has 24 heavy (non-hydrogen) atoms. The van der Waals surface area contributed by atoms with Crippen LogP contribution < -0.4 is 10.2 Å². The zero-order valence-electron chi connectivity index (χ0n) is 13.8. The number of phenolic OH excluding ortho intramolecular Hbond substituents is 1. The molecule has 2 aromatic rings. The SMILES string of the molecule is CCc1ccc(O)c(NC(=O)C2CCN(c3cnccn3)CC2)c1. The zero-order chi connectivity index (χ0) is 16.9. The molecule has 3 rings (SSSR count). The Morgan fingerprint density at radius 1 is 1.33 bits per heavy atom. The first-order valence-corrected chi connectivity index (χ1v) is 8.31. The zero-order valence-corrected chi connectivity index (χ0v) is 13.8. The summed E-state index contributed by atoms with van der Waals surface area (Å²) in [6, 6.07) is 5.33. The van der Waals surface area contributed by atoms with Crippen LogP contribution in [-0.2, 0) is 11.2 Å². The Bertz CT molecular complexity index is 697. The van der Waals surface area contributed by atoms with E-state index in [0.717, 1.165) is 43.7 Å². The second kappa shape index (κ2) is 7.29. The van der Waals surface area contributed by atoms with E-state index in [1.165, 1.54) is 0 Å². The molecule has 1 saturated heterocycles. The van der Waals surface area contributed by atoms with Crippen molar-refractivity contribution in [3.05, 3.63) is 42.4 Å². The molecule has 0 bridgehead atoms. The molecule has 0 unspecified atom stereocenters. The number of rotatable bonds is 4. The summed E-state index contributed by atoms with van der Waals surface area (Å²) in [5, 5.41) is 12.8. The molecule has 1 amide bonds. The van der Waals surface area contributed by atoms with E-state index in [1.807, 2.05) is 19.1 Å². The largest absolute Gasteiger partial charge is 0.506 e. The molecule has 2 N–H and O–H groups in total. The van der Waals surface area contributed by atoms with Gasteiger partial charge in [0.05, 0.1) is 11.9 Å². The van der Waals surface area contributed by atoms with E-state index in [9.17, 15) is 9.90 Å². The van der Waals surface area contributed by atoms with Crippen molar-refractivity contribution < 1.29 is 9.90 Å². The fourth-order valence-corrected chi connectivity index (χ4v) is 2.96. The first-order valence-electron chi connectivity index (χ1n) is 8.31. The van der Waals surface area contributed by atoms with Gasteiger partial charge in [0, 0.05) is 31.4 Å². The molecular weight excluding hydrogens is 304 g/mol. The van der Waals surface area contributed by atoms with Crippen molar-refractivity contribution in [1.82, 2.24) is 9.97 Å². The fraction of sp³-hybridized carbons (Fsp3) is 0.389. The number of hydrogen-bond acceptors (Lipinski definition) is 5. The third kappa shape index (κ3) is 3.64. The first-order chi connectivity index (χ1) is 11.7. The fourth-order valence-electron chi connectivity index (χ4n) is 2.96. The van der Waals surface area contributed by atoms with Gasteiger partial charge < -0.3 is 15.3 Å². The van der Waals surface area contributed by atoms with Gasteiger partial charge >= 0.3 is 0 Å². The summed E-state index contributed by atoms with van der Waals surface area (Å²) in [6.07, 6.45) is 7.46.